The van der Waals surface area contributed by atoms with Crippen molar-refractivity contribution < 1.29 is 9.90 Å². The van der Waals surface area contributed by atoms with Crippen LogP contribution in [-0.2, 0) is 24.4 Å². The highest BCUT2D eigenvalue weighted by atomic mass is 32.1. The summed E-state index contributed by atoms with van der Waals surface area (Å²) in [5.41, 5.74) is 1.95. The molecule has 1 aliphatic heterocycles. The van der Waals surface area contributed by atoms with Gasteiger partial charge in [0.2, 0.25) is 5.91 Å². The fourth-order valence-electron chi connectivity index (χ4n) is 3.28. The van der Waals surface area contributed by atoms with Gasteiger partial charge in [-0.2, -0.15) is 5.10 Å². The number of carbonyl (C=O) groups excluding carboxylic acids is 1. The second-order valence-electron chi connectivity index (χ2n) is 6.95. The predicted molar refractivity (Wildman–Crippen MR) is 96.0 cm³/mol. The van der Waals surface area contributed by atoms with Crippen molar-refractivity contribution in [3.63, 3.8) is 0 Å². The number of aromatic nitrogens is 2. The summed E-state index contributed by atoms with van der Waals surface area (Å²) in [6, 6.07) is 6.06. The summed E-state index contributed by atoms with van der Waals surface area (Å²) in [6.45, 7) is 3.88. The van der Waals surface area contributed by atoms with Crippen LogP contribution in [0.3, 0.4) is 0 Å². The maximum Gasteiger partial charge on any atom is 0.221 e. The number of carbonyl (C=O) groups is 1. The fraction of sp³-hybridized carbons (Fsp3) is 0.556. The first-order valence-corrected chi connectivity index (χ1v) is 9.83. The van der Waals surface area contributed by atoms with Crippen molar-refractivity contribution in [2.45, 2.75) is 45.0 Å². The lowest BCUT2D eigenvalue weighted by atomic mass is 10.1. The number of rotatable bonds is 7. The van der Waals surface area contributed by atoms with E-state index in [-0.39, 0.29) is 5.91 Å². The first-order chi connectivity index (χ1) is 12.2. The van der Waals surface area contributed by atoms with Crippen LogP contribution < -0.4 is 5.32 Å². The molecule has 0 radical (unpaired) electrons. The molecular weight excluding hydrogens is 336 g/mol. The molecule has 134 valence electrons. The number of hydrogen-bond acceptors (Lipinski definition) is 5. The van der Waals surface area contributed by atoms with Gasteiger partial charge in [0.15, 0.2) is 0 Å². The first-order valence-electron chi connectivity index (χ1n) is 8.95. The molecule has 2 aliphatic rings. The van der Waals surface area contributed by atoms with E-state index in [4.69, 9.17) is 0 Å². The fourth-order valence-corrected chi connectivity index (χ4v) is 3.92. The molecule has 0 spiro atoms. The van der Waals surface area contributed by atoms with Crippen molar-refractivity contribution in [1.82, 2.24) is 20.0 Å². The second-order valence-corrected chi connectivity index (χ2v) is 7.98. The number of nitrogens with zero attached hydrogens (tertiary/aromatic N) is 3. The lowest BCUT2D eigenvalue weighted by molar-refractivity contribution is -0.121. The molecule has 6 nitrogen and oxygen atoms in total. The first kappa shape index (κ1) is 16.8. The number of fused-ring (bicyclic) bond motifs is 1. The Bertz CT molecular complexity index is 724. The molecule has 1 atom stereocenters. The van der Waals surface area contributed by atoms with Crippen LogP contribution in [-0.4, -0.2) is 38.8 Å². The van der Waals surface area contributed by atoms with E-state index >= 15 is 0 Å². The molecule has 1 fully saturated rings. The summed E-state index contributed by atoms with van der Waals surface area (Å²) >= 11 is 1.66. The molecule has 25 heavy (non-hydrogen) atoms. The third-order valence-electron chi connectivity index (χ3n) is 4.96. The molecule has 1 amide bonds. The molecular formula is C18H24N4O2S. The van der Waals surface area contributed by atoms with Crippen molar-refractivity contribution in [3.05, 3.63) is 39.8 Å². The zero-order valence-corrected chi connectivity index (χ0v) is 15.0. The Morgan fingerprint density at radius 1 is 1.44 bits per heavy atom. The summed E-state index contributed by atoms with van der Waals surface area (Å²) < 4.78 is 2.01. The van der Waals surface area contributed by atoms with Gasteiger partial charge < -0.3 is 10.4 Å². The van der Waals surface area contributed by atoms with Crippen LogP contribution in [0.1, 0.15) is 41.6 Å². The number of thiophene rings is 1. The van der Waals surface area contributed by atoms with Crippen molar-refractivity contribution in [2.24, 2.45) is 5.92 Å². The molecule has 2 aromatic heterocycles. The zero-order valence-electron chi connectivity index (χ0n) is 14.2. The summed E-state index contributed by atoms with van der Waals surface area (Å²) in [7, 11) is 0. The molecule has 1 saturated carbocycles. The number of aliphatic hydroxyl groups is 1. The number of amides is 1. The van der Waals surface area contributed by atoms with Gasteiger partial charge >= 0.3 is 0 Å². The van der Waals surface area contributed by atoms with Gasteiger partial charge in [-0.05, 0) is 36.3 Å². The Kier molecular flexibility index (Phi) is 4.87. The van der Waals surface area contributed by atoms with Crippen molar-refractivity contribution in [3.8, 4) is 0 Å². The van der Waals surface area contributed by atoms with E-state index in [9.17, 15) is 9.90 Å². The van der Waals surface area contributed by atoms with E-state index in [2.05, 4.69) is 15.3 Å². The van der Waals surface area contributed by atoms with E-state index in [0.29, 0.717) is 18.9 Å². The molecule has 0 aromatic carbocycles. The third-order valence-corrected chi connectivity index (χ3v) is 5.84. The smallest absolute Gasteiger partial charge is 0.221 e. The van der Waals surface area contributed by atoms with Gasteiger partial charge in [0.05, 0.1) is 24.5 Å². The highest BCUT2D eigenvalue weighted by Gasteiger charge is 2.33. The minimum Gasteiger partial charge on any atom is -0.386 e. The Hall–Kier alpha value is -1.70. The van der Waals surface area contributed by atoms with Crippen LogP contribution in [0.2, 0.25) is 0 Å². The summed E-state index contributed by atoms with van der Waals surface area (Å²) in [6.07, 6.45) is 2.32. The van der Waals surface area contributed by atoms with Gasteiger partial charge in [0, 0.05) is 30.9 Å². The Labute approximate surface area is 151 Å². The highest BCUT2D eigenvalue weighted by molar-refractivity contribution is 7.09. The lowest BCUT2D eigenvalue weighted by Crippen LogP contribution is -2.36. The van der Waals surface area contributed by atoms with E-state index in [1.165, 1.54) is 4.88 Å². The second kappa shape index (κ2) is 7.27. The summed E-state index contributed by atoms with van der Waals surface area (Å²) in [4.78, 5) is 15.5. The van der Waals surface area contributed by atoms with Crippen molar-refractivity contribution in [1.29, 1.82) is 0 Å². The normalized spacial score (nSPS) is 18.8. The quantitative estimate of drug-likeness (QED) is 0.791. The van der Waals surface area contributed by atoms with Crippen molar-refractivity contribution in [2.75, 3.05) is 13.1 Å². The van der Waals surface area contributed by atoms with Crippen LogP contribution >= 0.6 is 11.3 Å². The monoisotopic (exact) mass is 360 g/mol. The average Bonchev–Trinajstić information content (AvgIpc) is 3.17. The molecule has 7 heteroatoms. The largest absolute Gasteiger partial charge is 0.386 e. The van der Waals surface area contributed by atoms with E-state index in [1.54, 1.807) is 11.3 Å². The molecule has 2 aromatic rings. The van der Waals surface area contributed by atoms with E-state index in [1.807, 2.05) is 28.3 Å². The lowest BCUT2D eigenvalue weighted by Gasteiger charge is -2.27. The van der Waals surface area contributed by atoms with Gasteiger partial charge in [-0.25, -0.2) is 0 Å². The molecule has 4 rings (SSSR count). The standard InChI is InChI=1S/C18H24N4O2S/c23-17(19-11-15-2-1-9-25-15)5-6-21-7-8-22-14(12-21)10-16(20-22)18(24)13-3-4-13/h1-2,9-10,13,18,24H,3-8,11-12H2,(H,19,23). The Morgan fingerprint density at radius 3 is 3.08 bits per heavy atom. The highest BCUT2D eigenvalue weighted by Crippen LogP contribution is 2.40. The molecule has 2 N–H and O–H groups in total. The molecule has 0 saturated heterocycles. The number of hydrogen-bond donors (Lipinski definition) is 2. The zero-order chi connectivity index (χ0) is 17.2. The minimum atomic E-state index is -0.408. The van der Waals surface area contributed by atoms with Gasteiger partial charge in [0.1, 0.15) is 6.10 Å². The summed E-state index contributed by atoms with van der Waals surface area (Å²) in [5, 5.41) is 19.8. The Balaban J connectivity index is 1.25. The SMILES string of the molecule is O=C(CCN1CCn2nc(C(O)C3CC3)cc2C1)NCc1cccs1. The number of nitrogens with one attached hydrogen (secondary N) is 1. The van der Waals surface area contributed by atoms with E-state index in [0.717, 1.165) is 50.4 Å². The van der Waals surface area contributed by atoms with Gasteiger partial charge in [-0.15, -0.1) is 11.3 Å². The topological polar surface area (TPSA) is 70.4 Å². The van der Waals surface area contributed by atoms with Gasteiger partial charge in [-0.1, -0.05) is 6.07 Å². The summed E-state index contributed by atoms with van der Waals surface area (Å²) in [5.74, 6) is 0.498. The van der Waals surface area contributed by atoms with Crippen LogP contribution in [0, 0.1) is 5.92 Å². The number of aliphatic hydroxyl groups excluding tert-OH is 1. The van der Waals surface area contributed by atoms with Gasteiger partial charge in [-0.3, -0.25) is 14.4 Å². The van der Waals surface area contributed by atoms with Crippen LogP contribution in [0.4, 0.5) is 0 Å². The molecule has 3 heterocycles. The van der Waals surface area contributed by atoms with Crippen LogP contribution in [0.5, 0.6) is 0 Å². The van der Waals surface area contributed by atoms with E-state index < -0.39 is 6.10 Å². The van der Waals surface area contributed by atoms with Crippen LogP contribution in [0.25, 0.3) is 0 Å². The molecule has 1 unspecified atom stereocenters. The third kappa shape index (κ3) is 4.11. The average molecular weight is 360 g/mol. The Morgan fingerprint density at radius 2 is 2.32 bits per heavy atom. The maximum absolute atomic E-state index is 12.0. The molecule has 0 bridgehead atoms. The molecule has 1 aliphatic carbocycles. The van der Waals surface area contributed by atoms with Crippen molar-refractivity contribution >= 4 is 17.2 Å². The maximum atomic E-state index is 12.0. The van der Waals surface area contributed by atoms with Gasteiger partial charge in [0.25, 0.3) is 0 Å². The van der Waals surface area contributed by atoms with Crippen LogP contribution in [0.15, 0.2) is 23.6 Å². The predicted octanol–water partition coefficient (Wildman–Crippen LogP) is 1.91. The minimum absolute atomic E-state index is 0.0947.